The number of hydrogen-bond donors (Lipinski definition) is 3. The number of hydrogen-bond acceptors (Lipinski definition) is 4. The van der Waals surface area contributed by atoms with E-state index in [1.165, 1.54) is 38.1 Å². The van der Waals surface area contributed by atoms with Gasteiger partial charge in [-0.15, -0.1) is 0 Å². The minimum atomic E-state index is -3.86. The molecule has 0 aliphatic carbocycles. The summed E-state index contributed by atoms with van der Waals surface area (Å²) in [6.07, 6.45) is -0.153. The molecule has 4 N–H and O–H groups in total. The first kappa shape index (κ1) is 16.1. The lowest BCUT2D eigenvalue weighted by Crippen LogP contribution is -2.45. The van der Waals surface area contributed by atoms with Crippen LogP contribution in [0, 0.1) is 0 Å². The van der Waals surface area contributed by atoms with Crippen molar-refractivity contribution < 1.29 is 23.1 Å². The highest BCUT2D eigenvalue weighted by Gasteiger charge is 2.27. The van der Waals surface area contributed by atoms with Gasteiger partial charge in [0.15, 0.2) is 0 Å². The number of amides is 1. The first-order valence-corrected chi connectivity index (χ1v) is 7.17. The van der Waals surface area contributed by atoms with Crippen LogP contribution < -0.4 is 10.5 Å². The van der Waals surface area contributed by atoms with Crippen LogP contribution in [0.3, 0.4) is 0 Å². The molecule has 1 aromatic carbocycles. The Balaban J connectivity index is 2.99. The van der Waals surface area contributed by atoms with Gasteiger partial charge in [-0.25, -0.2) is 17.9 Å². The summed E-state index contributed by atoms with van der Waals surface area (Å²) in [5.41, 5.74) is 4.01. The summed E-state index contributed by atoms with van der Waals surface area (Å²) in [7, 11) is -3.86. The van der Waals surface area contributed by atoms with Crippen LogP contribution in [-0.2, 0) is 14.8 Å². The highest BCUT2D eigenvalue weighted by molar-refractivity contribution is 7.89. The third-order valence-electron chi connectivity index (χ3n) is 2.44. The Morgan fingerprint density at radius 3 is 2.15 bits per heavy atom. The van der Waals surface area contributed by atoms with Crippen molar-refractivity contribution in [2.24, 2.45) is 5.73 Å². The Morgan fingerprint density at radius 2 is 1.75 bits per heavy atom. The van der Waals surface area contributed by atoms with Gasteiger partial charge in [-0.1, -0.05) is 0 Å². The number of sulfonamides is 1. The second kappa shape index (κ2) is 5.59. The van der Waals surface area contributed by atoms with Crippen molar-refractivity contribution in [2.75, 3.05) is 0 Å². The normalized spacial score (nSPS) is 12.1. The number of carboxylic acid groups (broad SMARTS) is 1. The molecule has 0 saturated heterocycles. The van der Waals surface area contributed by atoms with E-state index in [0.29, 0.717) is 0 Å². The Bertz CT molecular complexity index is 620. The van der Waals surface area contributed by atoms with Gasteiger partial charge in [0, 0.05) is 12.0 Å². The highest BCUT2D eigenvalue weighted by atomic mass is 32.2. The van der Waals surface area contributed by atoms with Gasteiger partial charge in [-0.3, -0.25) is 4.79 Å². The zero-order valence-electron chi connectivity index (χ0n) is 11.1. The fourth-order valence-corrected chi connectivity index (χ4v) is 3.08. The average Bonchev–Trinajstić information content (AvgIpc) is 2.25. The van der Waals surface area contributed by atoms with Crippen LogP contribution in [0.4, 0.5) is 0 Å². The summed E-state index contributed by atoms with van der Waals surface area (Å²) in [5.74, 6) is -1.77. The number of aromatic carboxylic acids is 1. The van der Waals surface area contributed by atoms with Crippen molar-refractivity contribution in [3.63, 3.8) is 0 Å². The van der Waals surface area contributed by atoms with Crippen LogP contribution in [0.5, 0.6) is 0 Å². The predicted octanol–water partition coefficient (Wildman–Crippen LogP) is 0.317. The second-order valence-corrected chi connectivity index (χ2v) is 6.64. The zero-order valence-corrected chi connectivity index (χ0v) is 11.9. The van der Waals surface area contributed by atoms with Crippen molar-refractivity contribution in [2.45, 2.75) is 30.7 Å². The summed E-state index contributed by atoms with van der Waals surface area (Å²) < 4.78 is 26.6. The molecule has 1 aromatic rings. The van der Waals surface area contributed by atoms with E-state index in [9.17, 15) is 18.0 Å². The molecule has 0 unspecified atom stereocenters. The highest BCUT2D eigenvalue weighted by Crippen LogP contribution is 2.16. The van der Waals surface area contributed by atoms with Gasteiger partial charge < -0.3 is 10.8 Å². The van der Waals surface area contributed by atoms with E-state index in [0.717, 1.165) is 0 Å². The molecule has 0 heterocycles. The number of benzene rings is 1. The van der Waals surface area contributed by atoms with Gasteiger partial charge in [0.25, 0.3) is 0 Å². The van der Waals surface area contributed by atoms with E-state index in [1.807, 2.05) is 0 Å². The van der Waals surface area contributed by atoms with E-state index < -0.39 is 27.4 Å². The van der Waals surface area contributed by atoms with Crippen molar-refractivity contribution in [1.29, 1.82) is 0 Å². The van der Waals surface area contributed by atoms with Gasteiger partial charge in [0.05, 0.1) is 10.5 Å². The lowest BCUT2D eigenvalue weighted by Gasteiger charge is -2.24. The first-order chi connectivity index (χ1) is 9.03. The summed E-state index contributed by atoms with van der Waals surface area (Å²) in [6, 6.07) is 4.76. The fraction of sp³-hybridized carbons (Fsp3) is 0.333. The molecular weight excluding hydrogens is 284 g/mol. The molecule has 0 saturated carbocycles. The molecule has 8 heteroatoms. The van der Waals surface area contributed by atoms with E-state index >= 15 is 0 Å². The number of nitrogens with one attached hydrogen (secondary N) is 1. The largest absolute Gasteiger partial charge is 0.478 e. The minimum absolute atomic E-state index is 0.0136. The number of primary amides is 1. The van der Waals surface area contributed by atoms with Crippen molar-refractivity contribution in [1.82, 2.24) is 4.72 Å². The smallest absolute Gasteiger partial charge is 0.335 e. The molecule has 1 rings (SSSR count). The molecule has 1 amide bonds. The molecule has 7 nitrogen and oxygen atoms in total. The third kappa shape index (κ3) is 4.32. The van der Waals surface area contributed by atoms with Gasteiger partial charge in [-0.05, 0) is 38.1 Å². The number of carbonyl (C=O) groups excluding carboxylic acids is 1. The lowest BCUT2D eigenvalue weighted by atomic mass is 10.0. The summed E-state index contributed by atoms with van der Waals surface area (Å²) in [5, 5.41) is 8.75. The Morgan fingerprint density at radius 1 is 1.25 bits per heavy atom. The van der Waals surface area contributed by atoms with Crippen LogP contribution in [0.25, 0.3) is 0 Å². The average molecular weight is 300 g/mol. The number of nitrogens with two attached hydrogens (primary N) is 1. The van der Waals surface area contributed by atoms with E-state index in [2.05, 4.69) is 4.72 Å². The Kier molecular flexibility index (Phi) is 4.51. The molecule has 0 aliphatic rings. The van der Waals surface area contributed by atoms with E-state index in [1.54, 1.807) is 0 Å². The fourth-order valence-electron chi connectivity index (χ4n) is 1.67. The SMILES string of the molecule is CC(C)(CC(N)=O)NS(=O)(=O)c1ccc(C(=O)O)cc1. The second-order valence-electron chi connectivity index (χ2n) is 4.96. The molecule has 0 spiro atoms. The molecule has 0 aromatic heterocycles. The van der Waals surface area contributed by atoms with Crippen LogP contribution in [0.15, 0.2) is 29.2 Å². The number of rotatable bonds is 6. The molecule has 0 aliphatic heterocycles. The van der Waals surface area contributed by atoms with Gasteiger partial charge in [0.2, 0.25) is 15.9 Å². The molecular formula is C12H16N2O5S. The molecule has 0 fully saturated rings. The molecule has 0 bridgehead atoms. The maximum Gasteiger partial charge on any atom is 0.335 e. The van der Waals surface area contributed by atoms with Crippen LogP contribution >= 0.6 is 0 Å². The molecule has 0 radical (unpaired) electrons. The zero-order chi connectivity index (χ0) is 15.6. The topological polar surface area (TPSA) is 127 Å². The minimum Gasteiger partial charge on any atom is -0.478 e. The van der Waals surface area contributed by atoms with Gasteiger partial charge in [-0.2, -0.15) is 0 Å². The Labute approximate surface area is 116 Å². The maximum atomic E-state index is 12.1. The standard InChI is InChI=1S/C12H16N2O5S/c1-12(2,7-10(13)15)14-20(18,19)9-5-3-8(4-6-9)11(16)17/h3-6,14H,7H2,1-2H3,(H2,13,15)(H,16,17). The first-order valence-electron chi connectivity index (χ1n) is 5.69. The molecule has 110 valence electrons. The quantitative estimate of drug-likeness (QED) is 0.697. The van der Waals surface area contributed by atoms with Crippen LogP contribution in [0.1, 0.15) is 30.6 Å². The van der Waals surface area contributed by atoms with Crippen molar-refractivity contribution in [3.8, 4) is 0 Å². The van der Waals surface area contributed by atoms with E-state index in [4.69, 9.17) is 10.8 Å². The van der Waals surface area contributed by atoms with Crippen molar-refractivity contribution in [3.05, 3.63) is 29.8 Å². The summed E-state index contributed by atoms with van der Waals surface area (Å²) >= 11 is 0. The number of carboxylic acids is 1. The van der Waals surface area contributed by atoms with Gasteiger partial charge >= 0.3 is 5.97 Å². The van der Waals surface area contributed by atoms with Crippen LogP contribution in [-0.4, -0.2) is 30.9 Å². The number of carbonyl (C=O) groups is 2. The van der Waals surface area contributed by atoms with Crippen molar-refractivity contribution >= 4 is 21.9 Å². The predicted molar refractivity (Wildman–Crippen MR) is 71.6 cm³/mol. The monoisotopic (exact) mass is 300 g/mol. The summed E-state index contributed by atoms with van der Waals surface area (Å²) in [6.45, 7) is 3.06. The van der Waals surface area contributed by atoms with E-state index in [-0.39, 0.29) is 16.9 Å². The molecule has 0 atom stereocenters. The molecule has 20 heavy (non-hydrogen) atoms. The lowest BCUT2D eigenvalue weighted by molar-refractivity contribution is -0.119. The summed E-state index contributed by atoms with van der Waals surface area (Å²) in [4.78, 5) is 21.5. The van der Waals surface area contributed by atoms with Crippen LogP contribution in [0.2, 0.25) is 0 Å². The maximum absolute atomic E-state index is 12.1. The third-order valence-corrected chi connectivity index (χ3v) is 4.15. The van der Waals surface area contributed by atoms with Gasteiger partial charge in [0.1, 0.15) is 0 Å². The Hall–Kier alpha value is -1.93.